The van der Waals surface area contributed by atoms with Crippen LogP contribution in [0.1, 0.15) is 15.9 Å². The van der Waals surface area contributed by atoms with Gasteiger partial charge in [0.05, 0.1) is 28.1 Å². The highest BCUT2D eigenvalue weighted by molar-refractivity contribution is 7.92. The van der Waals surface area contributed by atoms with Crippen LogP contribution in [0.2, 0.25) is 0 Å². The Morgan fingerprint density at radius 1 is 0.971 bits per heavy atom. The van der Waals surface area contributed by atoms with Gasteiger partial charge in [-0.25, -0.2) is 8.42 Å². The van der Waals surface area contributed by atoms with Gasteiger partial charge in [0.25, 0.3) is 11.6 Å². The van der Waals surface area contributed by atoms with Crippen molar-refractivity contribution < 1.29 is 22.9 Å². The summed E-state index contributed by atoms with van der Waals surface area (Å²) < 4.78 is 25.4. The highest BCUT2D eigenvalue weighted by Gasteiger charge is 2.23. The zero-order chi connectivity index (χ0) is 25.4. The second-order valence-corrected chi connectivity index (χ2v) is 9.54. The van der Waals surface area contributed by atoms with E-state index in [2.05, 4.69) is 10.6 Å². The molecule has 0 saturated heterocycles. The highest BCUT2D eigenvalue weighted by Crippen LogP contribution is 2.23. The van der Waals surface area contributed by atoms with E-state index in [0.717, 1.165) is 22.2 Å². The van der Waals surface area contributed by atoms with Gasteiger partial charge in [-0.15, -0.1) is 0 Å². The molecule has 0 saturated carbocycles. The maximum Gasteiger partial charge on any atom is 0.271 e. The maximum absolute atomic E-state index is 12.8. The zero-order valence-corrected chi connectivity index (χ0v) is 19.7. The van der Waals surface area contributed by atoms with E-state index in [1.165, 1.54) is 24.3 Å². The minimum atomic E-state index is -3.94. The van der Waals surface area contributed by atoms with Gasteiger partial charge in [-0.1, -0.05) is 48.5 Å². The predicted molar refractivity (Wildman–Crippen MR) is 133 cm³/mol. The van der Waals surface area contributed by atoms with Gasteiger partial charge >= 0.3 is 0 Å². The number of nitro benzene ring substituents is 1. The molecule has 182 valence electrons. The number of carbonyl (C=O) groups excluding carboxylic acids is 2. The van der Waals surface area contributed by atoms with E-state index in [9.17, 15) is 28.1 Å². The largest absolute Gasteiger partial charge is 0.352 e. The van der Waals surface area contributed by atoms with Crippen molar-refractivity contribution in [1.29, 1.82) is 0 Å². The van der Waals surface area contributed by atoms with Gasteiger partial charge in [0.15, 0.2) is 0 Å². The Hall–Kier alpha value is -4.25. The molecule has 0 radical (unpaired) electrons. The van der Waals surface area contributed by atoms with Gasteiger partial charge < -0.3 is 10.6 Å². The number of amides is 2. The average molecular weight is 497 g/mol. The fraction of sp³-hybridized carbons (Fsp3) is 0.167. The Balaban J connectivity index is 1.71. The molecule has 2 amide bonds. The zero-order valence-electron chi connectivity index (χ0n) is 18.9. The van der Waals surface area contributed by atoms with Crippen molar-refractivity contribution >= 4 is 38.9 Å². The third kappa shape index (κ3) is 7.11. The van der Waals surface area contributed by atoms with Crippen molar-refractivity contribution in [3.8, 4) is 0 Å². The Morgan fingerprint density at radius 3 is 2.34 bits per heavy atom. The molecular weight excluding hydrogens is 472 g/mol. The van der Waals surface area contributed by atoms with Crippen LogP contribution in [0.15, 0.2) is 78.9 Å². The van der Waals surface area contributed by atoms with Crippen molar-refractivity contribution in [2.45, 2.75) is 6.42 Å². The molecule has 0 aliphatic heterocycles. The van der Waals surface area contributed by atoms with E-state index < -0.39 is 33.3 Å². The van der Waals surface area contributed by atoms with Crippen molar-refractivity contribution in [3.05, 3.63) is 100 Å². The summed E-state index contributed by atoms with van der Waals surface area (Å²) in [5.74, 6) is -1.11. The molecule has 0 aliphatic rings. The van der Waals surface area contributed by atoms with E-state index in [-0.39, 0.29) is 22.6 Å². The quantitative estimate of drug-likeness (QED) is 0.327. The van der Waals surface area contributed by atoms with Gasteiger partial charge in [-0.2, -0.15) is 0 Å². The van der Waals surface area contributed by atoms with Gasteiger partial charge in [-0.3, -0.25) is 24.0 Å². The lowest BCUT2D eigenvalue weighted by Crippen LogP contribution is -2.37. The molecule has 0 aromatic heterocycles. The summed E-state index contributed by atoms with van der Waals surface area (Å²) in [6.45, 7) is -0.246. The SMILES string of the molecule is CS(=O)(=O)N(CC(=O)Nc1ccccc1C(=O)NCCc1ccccc1)c1cccc([N+](=O)[O-])c1. The Kier molecular flexibility index (Phi) is 8.16. The summed E-state index contributed by atoms with van der Waals surface area (Å²) in [4.78, 5) is 35.9. The normalized spacial score (nSPS) is 10.9. The fourth-order valence-corrected chi connectivity index (χ4v) is 4.18. The molecular formula is C24H24N4O6S. The number of non-ortho nitro benzene ring substituents is 1. The van der Waals surface area contributed by atoms with Crippen molar-refractivity contribution in [2.75, 3.05) is 29.0 Å². The third-order valence-corrected chi connectivity index (χ3v) is 6.14. The summed E-state index contributed by atoms with van der Waals surface area (Å²) in [6.07, 6.45) is 1.53. The first kappa shape index (κ1) is 25.4. The number of benzene rings is 3. The van der Waals surface area contributed by atoms with Gasteiger partial charge in [-0.05, 0) is 30.2 Å². The maximum atomic E-state index is 12.8. The summed E-state index contributed by atoms with van der Waals surface area (Å²) >= 11 is 0. The molecule has 0 bridgehead atoms. The van der Waals surface area contributed by atoms with Crippen LogP contribution in [0.5, 0.6) is 0 Å². The van der Waals surface area contributed by atoms with Gasteiger partial charge in [0.2, 0.25) is 15.9 Å². The minimum Gasteiger partial charge on any atom is -0.352 e. The molecule has 3 aromatic carbocycles. The Morgan fingerprint density at radius 2 is 1.66 bits per heavy atom. The average Bonchev–Trinajstić information content (AvgIpc) is 2.83. The topological polar surface area (TPSA) is 139 Å². The van der Waals surface area contributed by atoms with Crippen LogP contribution >= 0.6 is 0 Å². The molecule has 2 N–H and O–H groups in total. The first-order chi connectivity index (χ1) is 16.6. The number of nitrogens with zero attached hydrogens (tertiary/aromatic N) is 2. The molecule has 11 heteroatoms. The molecule has 0 fully saturated rings. The van der Waals surface area contributed by atoms with Crippen LogP contribution in [0.3, 0.4) is 0 Å². The summed E-state index contributed by atoms with van der Waals surface area (Å²) in [7, 11) is -3.94. The number of nitrogens with one attached hydrogen (secondary N) is 2. The lowest BCUT2D eigenvalue weighted by molar-refractivity contribution is -0.384. The third-order valence-electron chi connectivity index (χ3n) is 5.00. The first-order valence-corrected chi connectivity index (χ1v) is 12.4. The number of para-hydroxylation sites is 1. The number of nitro groups is 1. The number of anilines is 2. The van der Waals surface area contributed by atoms with Crippen molar-refractivity contribution in [3.63, 3.8) is 0 Å². The van der Waals surface area contributed by atoms with Crippen molar-refractivity contribution in [2.24, 2.45) is 0 Å². The van der Waals surface area contributed by atoms with Crippen LogP contribution < -0.4 is 14.9 Å². The van der Waals surface area contributed by atoms with Gasteiger partial charge in [0, 0.05) is 18.7 Å². The van der Waals surface area contributed by atoms with Crippen LogP contribution in [0, 0.1) is 10.1 Å². The highest BCUT2D eigenvalue weighted by atomic mass is 32.2. The van der Waals surface area contributed by atoms with Crippen LogP contribution in [-0.2, 0) is 21.2 Å². The van der Waals surface area contributed by atoms with Crippen LogP contribution in [0.25, 0.3) is 0 Å². The number of carbonyl (C=O) groups is 2. The van der Waals surface area contributed by atoms with E-state index in [1.54, 1.807) is 18.2 Å². The Labute approximate surface area is 202 Å². The summed E-state index contributed by atoms with van der Waals surface area (Å²) in [5.41, 5.74) is 1.16. The molecule has 0 atom stereocenters. The standard InChI is InChI=1S/C24H24N4O6S/c1-35(33,34)27(19-10-7-11-20(16-19)28(31)32)17-23(29)26-22-13-6-5-12-21(22)24(30)25-15-14-18-8-3-2-4-9-18/h2-13,16H,14-15,17H2,1H3,(H,25,30)(H,26,29). The Bertz CT molecular complexity index is 1330. The monoisotopic (exact) mass is 496 g/mol. The number of hydrogen-bond donors (Lipinski definition) is 2. The molecule has 3 aromatic rings. The van der Waals surface area contributed by atoms with Crippen LogP contribution in [0.4, 0.5) is 17.1 Å². The van der Waals surface area contributed by atoms with E-state index >= 15 is 0 Å². The lowest BCUT2D eigenvalue weighted by atomic mass is 10.1. The molecule has 0 unspecified atom stereocenters. The van der Waals surface area contributed by atoms with E-state index in [4.69, 9.17) is 0 Å². The summed E-state index contributed by atoms with van der Waals surface area (Å²) in [6, 6.07) is 21.0. The predicted octanol–water partition coefficient (Wildman–Crippen LogP) is 2.97. The first-order valence-electron chi connectivity index (χ1n) is 10.6. The number of hydrogen-bond acceptors (Lipinski definition) is 6. The van der Waals surface area contributed by atoms with E-state index in [1.807, 2.05) is 30.3 Å². The number of rotatable bonds is 10. The molecule has 0 spiro atoms. The second kappa shape index (κ2) is 11.3. The lowest BCUT2D eigenvalue weighted by Gasteiger charge is -2.22. The minimum absolute atomic E-state index is 0.0243. The fourth-order valence-electron chi connectivity index (χ4n) is 3.33. The number of sulfonamides is 1. The second-order valence-electron chi connectivity index (χ2n) is 7.63. The molecule has 35 heavy (non-hydrogen) atoms. The molecule has 10 nitrogen and oxygen atoms in total. The van der Waals surface area contributed by atoms with Crippen molar-refractivity contribution in [1.82, 2.24) is 5.32 Å². The smallest absolute Gasteiger partial charge is 0.271 e. The van der Waals surface area contributed by atoms with E-state index in [0.29, 0.717) is 13.0 Å². The van der Waals surface area contributed by atoms with Gasteiger partial charge in [0.1, 0.15) is 6.54 Å². The molecule has 3 rings (SSSR count). The molecule has 0 heterocycles. The van der Waals surface area contributed by atoms with Crippen LogP contribution in [-0.4, -0.2) is 44.5 Å². The molecule has 0 aliphatic carbocycles. The summed E-state index contributed by atoms with van der Waals surface area (Å²) in [5, 5.41) is 16.4.